The number of aromatic nitrogens is 1. The van der Waals surface area contributed by atoms with Crippen molar-refractivity contribution in [3.05, 3.63) is 29.6 Å². The Hall–Kier alpha value is -1.82. The van der Waals surface area contributed by atoms with Gasteiger partial charge in [0.1, 0.15) is 5.69 Å². The Morgan fingerprint density at radius 2 is 2.41 bits per heavy atom. The molecule has 1 aliphatic carbocycles. The maximum absolute atomic E-state index is 12.3. The zero-order chi connectivity index (χ0) is 12.3. The van der Waals surface area contributed by atoms with E-state index in [-0.39, 0.29) is 5.91 Å². The molecule has 1 aliphatic rings. The van der Waals surface area contributed by atoms with Gasteiger partial charge in [0, 0.05) is 12.7 Å². The number of pyridine rings is 1. The van der Waals surface area contributed by atoms with Gasteiger partial charge in [0.05, 0.1) is 6.54 Å². The fraction of sp³-hybridized carbons (Fsp3) is 0.429. The molecule has 1 saturated carbocycles. The number of hydrogen-bond acceptors (Lipinski definition) is 2. The fourth-order valence-corrected chi connectivity index (χ4v) is 1.80. The minimum absolute atomic E-state index is 0.0482. The second kappa shape index (κ2) is 5.01. The third-order valence-corrected chi connectivity index (χ3v) is 2.96. The van der Waals surface area contributed by atoms with Crippen LogP contribution in [-0.4, -0.2) is 28.9 Å². The zero-order valence-electron chi connectivity index (χ0n) is 10.0. The highest BCUT2D eigenvalue weighted by atomic mass is 16.2. The first-order valence-corrected chi connectivity index (χ1v) is 5.86. The van der Waals surface area contributed by atoms with E-state index in [1.165, 1.54) is 12.8 Å². The Labute approximate surface area is 102 Å². The predicted octanol–water partition coefficient (Wildman–Crippen LogP) is 1.88. The van der Waals surface area contributed by atoms with Crippen molar-refractivity contribution in [2.45, 2.75) is 19.8 Å². The first kappa shape index (κ1) is 11.7. The summed E-state index contributed by atoms with van der Waals surface area (Å²) < 4.78 is 0. The summed E-state index contributed by atoms with van der Waals surface area (Å²) in [5.74, 6) is 3.14. The molecular weight excluding hydrogens is 212 g/mol. The standard InChI is InChI=1S/C14H16N2O/c1-3-9-16(10-12-6-7-12)14(17)13-11(2)5-4-8-15-13/h1,4-5,8,12H,6-7,9-10H2,2H3. The van der Waals surface area contributed by atoms with Crippen LogP contribution in [0.1, 0.15) is 28.9 Å². The van der Waals surface area contributed by atoms with Gasteiger partial charge in [-0.25, -0.2) is 0 Å². The van der Waals surface area contributed by atoms with E-state index >= 15 is 0 Å². The number of aryl methyl sites for hydroxylation is 1. The molecule has 88 valence electrons. The molecule has 1 amide bonds. The highest BCUT2D eigenvalue weighted by Gasteiger charge is 2.27. The van der Waals surface area contributed by atoms with Gasteiger partial charge in [-0.3, -0.25) is 9.78 Å². The molecule has 0 N–H and O–H groups in total. The molecule has 17 heavy (non-hydrogen) atoms. The average Bonchev–Trinajstić information content (AvgIpc) is 3.12. The maximum Gasteiger partial charge on any atom is 0.273 e. The van der Waals surface area contributed by atoms with Crippen LogP contribution in [0.25, 0.3) is 0 Å². The monoisotopic (exact) mass is 228 g/mol. The Bertz CT molecular complexity index is 458. The first-order valence-electron chi connectivity index (χ1n) is 5.86. The van der Waals surface area contributed by atoms with Crippen LogP contribution in [0, 0.1) is 25.2 Å². The van der Waals surface area contributed by atoms with Gasteiger partial charge < -0.3 is 4.90 Å². The summed E-state index contributed by atoms with van der Waals surface area (Å²) in [4.78, 5) is 18.2. The lowest BCUT2D eigenvalue weighted by Gasteiger charge is -2.20. The van der Waals surface area contributed by atoms with Crippen molar-refractivity contribution in [1.82, 2.24) is 9.88 Å². The third kappa shape index (κ3) is 2.85. The molecule has 0 bridgehead atoms. The van der Waals surface area contributed by atoms with Crippen LogP contribution in [0.3, 0.4) is 0 Å². The van der Waals surface area contributed by atoms with Gasteiger partial charge >= 0.3 is 0 Å². The second-order valence-electron chi connectivity index (χ2n) is 4.50. The van der Waals surface area contributed by atoms with Gasteiger partial charge in [-0.05, 0) is 37.3 Å². The molecule has 1 heterocycles. The lowest BCUT2D eigenvalue weighted by Crippen LogP contribution is -2.34. The van der Waals surface area contributed by atoms with Crippen LogP contribution in [0.4, 0.5) is 0 Å². The zero-order valence-corrected chi connectivity index (χ0v) is 10.0. The van der Waals surface area contributed by atoms with E-state index in [0.717, 1.165) is 12.1 Å². The fourth-order valence-electron chi connectivity index (χ4n) is 1.80. The van der Waals surface area contributed by atoms with E-state index in [2.05, 4.69) is 10.9 Å². The molecule has 0 unspecified atom stereocenters. The summed E-state index contributed by atoms with van der Waals surface area (Å²) in [6.45, 7) is 3.02. The Morgan fingerprint density at radius 3 is 3.00 bits per heavy atom. The van der Waals surface area contributed by atoms with Crippen LogP contribution in [0.5, 0.6) is 0 Å². The predicted molar refractivity (Wildman–Crippen MR) is 66.4 cm³/mol. The van der Waals surface area contributed by atoms with Gasteiger partial charge in [-0.2, -0.15) is 0 Å². The van der Waals surface area contributed by atoms with Crippen LogP contribution >= 0.6 is 0 Å². The molecule has 0 aliphatic heterocycles. The molecule has 0 spiro atoms. The van der Waals surface area contributed by atoms with E-state index in [9.17, 15) is 4.79 Å². The molecular formula is C14H16N2O. The Kier molecular flexibility index (Phi) is 3.43. The number of rotatable bonds is 4. The van der Waals surface area contributed by atoms with Crippen LogP contribution in [-0.2, 0) is 0 Å². The van der Waals surface area contributed by atoms with E-state index in [1.54, 1.807) is 11.1 Å². The van der Waals surface area contributed by atoms with Crippen molar-refractivity contribution >= 4 is 5.91 Å². The largest absolute Gasteiger partial charge is 0.326 e. The topological polar surface area (TPSA) is 33.2 Å². The van der Waals surface area contributed by atoms with Crippen molar-refractivity contribution in [2.24, 2.45) is 5.92 Å². The van der Waals surface area contributed by atoms with Crippen molar-refractivity contribution in [2.75, 3.05) is 13.1 Å². The SMILES string of the molecule is C#CCN(CC1CC1)C(=O)c1ncccc1C. The van der Waals surface area contributed by atoms with Gasteiger partial charge in [0.2, 0.25) is 0 Å². The lowest BCUT2D eigenvalue weighted by molar-refractivity contribution is 0.0763. The minimum Gasteiger partial charge on any atom is -0.326 e. The van der Waals surface area contributed by atoms with E-state index < -0.39 is 0 Å². The van der Waals surface area contributed by atoms with E-state index in [4.69, 9.17) is 6.42 Å². The van der Waals surface area contributed by atoms with Crippen molar-refractivity contribution < 1.29 is 4.79 Å². The minimum atomic E-state index is -0.0482. The molecule has 1 aromatic rings. The normalized spacial score (nSPS) is 14.1. The first-order chi connectivity index (χ1) is 8.22. The summed E-state index contributed by atoms with van der Waals surface area (Å²) in [5, 5.41) is 0. The molecule has 1 aromatic heterocycles. The summed E-state index contributed by atoms with van der Waals surface area (Å²) in [6, 6.07) is 3.73. The highest BCUT2D eigenvalue weighted by Crippen LogP contribution is 2.30. The number of nitrogens with zero attached hydrogens (tertiary/aromatic N) is 2. The quantitative estimate of drug-likeness (QED) is 0.737. The maximum atomic E-state index is 12.3. The third-order valence-electron chi connectivity index (χ3n) is 2.96. The summed E-state index contributed by atoms with van der Waals surface area (Å²) in [5.41, 5.74) is 1.42. The van der Waals surface area contributed by atoms with E-state index in [1.807, 2.05) is 19.1 Å². The number of carbonyl (C=O) groups is 1. The van der Waals surface area contributed by atoms with Gasteiger partial charge in [-0.1, -0.05) is 12.0 Å². The molecule has 1 fully saturated rings. The van der Waals surface area contributed by atoms with Gasteiger partial charge in [-0.15, -0.1) is 6.42 Å². The number of amides is 1. The summed E-state index contributed by atoms with van der Waals surface area (Å²) >= 11 is 0. The lowest BCUT2D eigenvalue weighted by atomic mass is 10.2. The number of terminal acetylenes is 1. The molecule has 0 saturated heterocycles. The molecule has 2 rings (SSSR count). The number of carbonyl (C=O) groups excluding carboxylic acids is 1. The molecule has 0 aromatic carbocycles. The van der Waals surface area contributed by atoms with Crippen molar-refractivity contribution in [3.8, 4) is 12.3 Å². The summed E-state index contributed by atoms with van der Waals surface area (Å²) in [6.07, 6.45) is 9.37. The van der Waals surface area contributed by atoms with Crippen LogP contribution in [0.15, 0.2) is 18.3 Å². The van der Waals surface area contributed by atoms with Gasteiger partial charge in [0.25, 0.3) is 5.91 Å². The Morgan fingerprint density at radius 1 is 1.65 bits per heavy atom. The van der Waals surface area contributed by atoms with Crippen molar-refractivity contribution in [3.63, 3.8) is 0 Å². The van der Waals surface area contributed by atoms with Gasteiger partial charge in [0.15, 0.2) is 0 Å². The highest BCUT2D eigenvalue weighted by molar-refractivity contribution is 5.93. The molecule has 0 atom stereocenters. The molecule has 0 radical (unpaired) electrons. The van der Waals surface area contributed by atoms with E-state index in [0.29, 0.717) is 18.2 Å². The van der Waals surface area contributed by atoms with Crippen LogP contribution in [0.2, 0.25) is 0 Å². The number of hydrogen-bond donors (Lipinski definition) is 0. The second-order valence-corrected chi connectivity index (χ2v) is 4.50. The summed E-state index contributed by atoms with van der Waals surface area (Å²) in [7, 11) is 0. The average molecular weight is 228 g/mol. The molecule has 3 nitrogen and oxygen atoms in total. The van der Waals surface area contributed by atoms with Crippen LogP contribution < -0.4 is 0 Å². The van der Waals surface area contributed by atoms with Crippen molar-refractivity contribution in [1.29, 1.82) is 0 Å². The Balaban J connectivity index is 2.15. The smallest absolute Gasteiger partial charge is 0.273 e. The molecule has 3 heteroatoms.